The number of aldehydes is 1. The standard InChI is InChI=1S/C12H11NO3S/c14-7-9-5-12(13-6-9)11-4-2-1-3-10(11)8-17(15)16/h1-7,13H,8H2,(H,15,16). The molecule has 2 N–H and O–H groups in total. The summed E-state index contributed by atoms with van der Waals surface area (Å²) in [5.74, 6) is 0.0750. The van der Waals surface area contributed by atoms with Gasteiger partial charge in [0.25, 0.3) is 0 Å². The molecule has 1 aromatic heterocycles. The largest absolute Gasteiger partial charge is 0.360 e. The van der Waals surface area contributed by atoms with Crippen LogP contribution in [-0.4, -0.2) is 20.0 Å². The Kier molecular flexibility index (Phi) is 3.51. The molecular formula is C12H11NO3S. The Morgan fingerprint density at radius 3 is 2.76 bits per heavy atom. The van der Waals surface area contributed by atoms with Crippen LogP contribution in [-0.2, 0) is 16.8 Å². The van der Waals surface area contributed by atoms with Crippen molar-refractivity contribution in [2.45, 2.75) is 5.75 Å². The number of hydrogen-bond donors (Lipinski definition) is 2. The first-order chi connectivity index (χ1) is 8.20. The third-order valence-electron chi connectivity index (χ3n) is 2.43. The quantitative estimate of drug-likeness (QED) is 0.644. The number of aromatic amines is 1. The molecule has 0 aliphatic rings. The molecule has 2 aromatic rings. The van der Waals surface area contributed by atoms with Crippen LogP contribution in [0, 0.1) is 0 Å². The van der Waals surface area contributed by atoms with Gasteiger partial charge in [-0.05, 0) is 11.6 Å². The van der Waals surface area contributed by atoms with E-state index in [-0.39, 0.29) is 5.75 Å². The first kappa shape index (κ1) is 11.8. The van der Waals surface area contributed by atoms with Crippen molar-refractivity contribution in [2.75, 3.05) is 0 Å². The van der Waals surface area contributed by atoms with Gasteiger partial charge in [0.15, 0.2) is 17.4 Å². The van der Waals surface area contributed by atoms with Gasteiger partial charge >= 0.3 is 0 Å². The SMILES string of the molecule is O=Cc1c[nH]c(-c2ccccc2CS(=O)O)c1. The molecule has 1 atom stereocenters. The summed E-state index contributed by atoms with van der Waals surface area (Å²) in [6.07, 6.45) is 2.36. The van der Waals surface area contributed by atoms with Gasteiger partial charge < -0.3 is 9.54 Å². The summed E-state index contributed by atoms with van der Waals surface area (Å²) >= 11 is -1.88. The molecule has 0 saturated heterocycles. The minimum absolute atomic E-state index is 0.0750. The fourth-order valence-corrected chi connectivity index (χ4v) is 2.19. The molecule has 0 aliphatic heterocycles. The number of benzene rings is 1. The van der Waals surface area contributed by atoms with E-state index in [4.69, 9.17) is 4.55 Å². The lowest BCUT2D eigenvalue weighted by molar-refractivity contribution is 0.112. The average molecular weight is 249 g/mol. The molecule has 88 valence electrons. The van der Waals surface area contributed by atoms with E-state index in [0.717, 1.165) is 23.1 Å². The van der Waals surface area contributed by atoms with Gasteiger partial charge in [0.1, 0.15) is 0 Å². The molecular weight excluding hydrogens is 238 g/mol. The van der Waals surface area contributed by atoms with Crippen LogP contribution in [0.5, 0.6) is 0 Å². The number of aromatic nitrogens is 1. The number of H-pyrrole nitrogens is 1. The fourth-order valence-electron chi connectivity index (χ4n) is 1.68. The summed E-state index contributed by atoms with van der Waals surface area (Å²) in [6.45, 7) is 0. The number of carbonyl (C=O) groups excluding carboxylic acids is 1. The van der Waals surface area contributed by atoms with Crippen molar-refractivity contribution in [1.29, 1.82) is 0 Å². The Morgan fingerprint density at radius 1 is 1.35 bits per heavy atom. The highest BCUT2D eigenvalue weighted by atomic mass is 32.2. The van der Waals surface area contributed by atoms with Gasteiger partial charge in [0, 0.05) is 23.0 Å². The molecule has 0 radical (unpaired) electrons. The Labute approximate surface area is 101 Å². The molecule has 5 heteroatoms. The highest BCUT2D eigenvalue weighted by molar-refractivity contribution is 7.78. The molecule has 0 bridgehead atoms. The maximum Gasteiger partial charge on any atom is 0.157 e. The molecule has 4 nitrogen and oxygen atoms in total. The van der Waals surface area contributed by atoms with Crippen molar-refractivity contribution in [3.8, 4) is 11.3 Å². The summed E-state index contributed by atoms with van der Waals surface area (Å²) in [7, 11) is 0. The normalized spacial score (nSPS) is 12.3. The Hall–Kier alpha value is -1.72. The lowest BCUT2D eigenvalue weighted by Gasteiger charge is -2.05. The minimum Gasteiger partial charge on any atom is -0.360 e. The zero-order chi connectivity index (χ0) is 12.3. The number of rotatable bonds is 4. The molecule has 0 saturated carbocycles. The van der Waals surface area contributed by atoms with Crippen molar-refractivity contribution in [3.63, 3.8) is 0 Å². The number of carbonyl (C=O) groups is 1. The van der Waals surface area contributed by atoms with Gasteiger partial charge in [-0.2, -0.15) is 0 Å². The third-order valence-corrected chi connectivity index (χ3v) is 2.99. The maximum absolute atomic E-state index is 10.9. The Morgan fingerprint density at radius 2 is 2.12 bits per heavy atom. The van der Waals surface area contributed by atoms with Crippen molar-refractivity contribution >= 4 is 17.4 Å². The smallest absolute Gasteiger partial charge is 0.157 e. The predicted molar refractivity (Wildman–Crippen MR) is 66.1 cm³/mol. The highest BCUT2D eigenvalue weighted by Gasteiger charge is 2.08. The Bertz CT molecular complexity index is 562. The fraction of sp³-hybridized carbons (Fsp3) is 0.0833. The van der Waals surface area contributed by atoms with Gasteiger partial charge in [-0.1, -0.05) is 24.3 Å². The van der Waals surface area contributed by atoms with Crippen LogP contribution < -0.4 is 0 Å². The molecule has 2 rings (SSSR count). The molecule has 17 heavy (non-hydrogen) atoms. The van der Waals surface area contributed by atoms with Crippen LogP contribution in [0.25, 0.3) is 11.3 Å². The molecule has 0 amide bonds. The molecule has 0 spiro atoms. The predicted octanol–water partition coefficient (Wildman–Crippen LogP) is 2.22. The van der Waals surface area contributed by atoms with Gasteiger partial charge in [0.05, 0.1) is 5.75 Å². The summed E-state index contributed by atoms with van der Waals surface area (Å²) < 4.78 is 19.8. The second-order valence-electron chi connectivity index (χ2n) is 3.59. The van der Waals surface area contributed by atoms with Crippen molar-refractivity contribution in [2.24, 2.45) is 0 Å². The molecule has 0 aliphatic carbocycles. The van der Waals surface area contributed by atoms with E-state index in [1.807, 2.05) is 18.2 Å². The first-order valence-electron chi connectivity index (χ1n) is 5.00. The Balaban J connectivity index is 2.43. The van der Waals surface area contributed by atoms with Crippen LogP contribution in [0.1, 0.15) is 15.9 Å². The van der Waals surface area contributed by atoms with Crippen LogP contribution in [0.2, 0.25) is 0 Å². The van der Waals surface area contributed by atoms with Gasteiger partial charge in [-0.25, -0.2) is 4.21 Å². The summed E-state index contributed by atoms with van der Waals surface area (Å²) in [5.41, 5.74) is 2.93. The van der Waals surface area contributed by atoms with Crippen molar-refractivity contribution in [1.82, 2.24) is 4.98 Å². The van der Waals surface area contributed by atoms with E-state index in [1.54, 1.807) is 18.3 Å². The average Bonchev–Trinajstić information content (AvgIpc) is 2.77. The molecule has 1 heterocycles. The number of nitrogens with one attached hydrogen (secondary N) is 1. The van der Waals surface area contributed by atoms with Gasteiger partial charge in [0.2, 0.25) is 0 Å². The van der Waals surface area contributed by atoms with Crippen molar-refractivity contribution < 1.29 is 13.6 Å². The zero-order valence-electron chi connectivity index (χ0n) is 8.92. The molecule has 0 fully saturated rings. The maximum atomic E-state index is 10.9. The highest BCUT2D eigenvalue weighted by Crippen LogP contribution is 2.23. The van der Waals surface area contributed by atoms with Crippen molar-refractivity contribution in [3.05, 3.63) is 47.7 Å². The van der Waals surface area contributed by atoms with Gasteiger partial charge in [-0.3, -0.25) is 4.79 Å². The summed E-state index contributed by atoms with van der Waals surface area (Å²) in [5, 5.41) is 0. The third kappa shape index (κ3) is 2.69. The minimum atomic E-state index is -1.88. The number of hydrogen-bond acceptors (Lipinski definition) is 2. The van der Waals surface area contributed by atoms with E-state index in [9.17, 15) is 9.00 Å². The second-order valence-corrected chi connectivity index (χ2v) is 4.52. The second kappa shape index (κ2) is 5.07. The monoisotopic (exact) mass is 249 g/mol. The van der Waals surface area contributed by atoms with E-state index in [0.29, 0.717) is 5.56 Å². The van der Waals surface area contributed by atoms with E-state index < -0.39 is 11.1 Å². The van der Waals surface area contributed by atoms with Crippen LogP contribution in [0.4, 0.5) is 0 Å². The summed E-state index contributed by atoms with van der Waals surface area (Å²) in [6, 6.07) is 9.02. The van der Waals surface area contributed by atoms with Crippen LogP contribution >= 0.6 is 0 Å². The zero-order valence-corrected chi connectivity index (χ0v) is 9.74. The molecule has 1 aromatic carbocycles. The summed E-state index contributed by atoms with van der Waals surface area (Å²) in [4.78, 5) is 13.6. The van der Waals surface area contributed by atoms with Crippen LogP contribution in [0.3, 0.4) is 0 Å². The first-order valence-corrected chi connectivity index (χ1v) is 6.27. The molecule has 1 unspecified atom stereocenters. The topological polar surface area (TPSA) is 70.2 Å². The van der Waals surface area contributed by atoms with Crippen LogP contribution in [0.15, 0.2) is 36.5 Å². The lowest BCUT2D eigenvalue weighted by Crippen LogP contribution is -1.95. The van der Waals surface area contributed by atoms with Gasteiger partial charge in [-0.15, -0.1) is 0 Å². The van der Waals surface area contributed by atoms with E-state index in [1.165, 1.54) is 0 Å². The lowest BCUT2D eigenvalue weighted by atomic mass is 10.1. The van der Waals surface area contributed by atoms with E-state index in [2.05, 4.69) is 4.98 Å². The van der Waals surface area contributed by atoms with E-state index >= 15 is 0 Å².